The van der Waals surface area contributed by atoms with Crippen molar-refractivity contribution in [3.05, 3.63) is 36.5 Å². The van der Waals surface area contributed by atoms with Crippen LogP contribution in [0.4, 0.5) is 5.69 Å². The fourth-order valence-electron chi connectivity index (χ4n) is 6.11. The molecule has 0 bridgehead atoms. The van der Waals surface area contributed by atoms with Crippen LogP contribution < -0.4 is 19.7 Å². The number of nitrogens with one attached hydrogen (secondary N) is 1. The van der Waals surface area contributed by atoms with Gasteiger partial charge in [0.2, 0.25) is 15.9 Å². The molecule has 0 radical (unpaired) electrons. The first-order chi connectivity index (χ1) is 20.4. The lowest BCUT2D eigenvalue weighted by atomic mass is 9.88. The smallest absolute Gasteiger partial charge is 0.244 e. The average Bonchev–Trinajstić information content (AvgIpc) is 3.78. The highest BCUT2D eigenvalue weighted by molar-refractivity contribution is 7.92. The summed E-state index contributed by atoms with van der Waals surface area (Å²) in [4.78, 5) is 6.67. The van der Waals surface area contributed by atoms with Crippen molar-refractivity contribution in [2.75, 3.05) is 51.3 Å². The van der Waals surface area contributed by atoms with Crippen LogP contribution in [0.5, 0.6) is 11.6 Å². The summed E-state index contributed by atoms with van der Waals surface area (Å²) in [5, 5.41) is 13.6. The Morgan fingerprint density at radius 1 is 1.16 bits per heavy atom. The molecule has 4 heterocycles. The second-order valence-corrected chi connectivity index (χ2v) is 16.4. The van der Waals surface area contributed by atoms with Crippen molar-refractivity contribution in [3.63, 3.8) is 0 Å². The number of likely N-dealkylation sites (N-methyl/N-ethyl adjacent to an activating group) is 1. The van der Waals surface area contributed by atoms with Gasteiger partial charge < -0.3 is 29.5 Å². The summed E-state index contributed by atoms with van der Waals surface area (Å²) < 4.78 is 71.1. The van der Waals surface area contributed by atoms with Gasteiger partial charge in [-0.3, -0.25) is 0 Å². The van der Waals surface area contributed by atoms with Crippen LogP contribution in [0.1, 0.15) is 39.0 Å². The standard InChI is InChI=1S/C29H40N4O8S2/c1-20-17-32(2)27-13-26(16-31-28(27)41-20)43(37,38)33-10-8-29(9-11-33)14-21(18-40-29)30-15-22(34)19-39-23-4-3-5-25(12-23)42(35,36)24-6-7-24/h3-5,12-13,16,20-22,24,30,34H,6-11,14-15,17-19H2,1-2H3/t20-,21-,22?/m0/s1. The van der Waals surface area contributed by atoms with E-state index in [2.05, 4.69) is 10.3 Å². The molecule has 2 saturated heterocycles. The Morgan fingerprint density at radius 3 is 2.67 bits per heavy atom. The summed E-state index contributed by atoms with van der Waals surface area (Å²) in [6, 6.07) is 8.09. The van der Waals surface area contributed by atoms with Gasteiger partial charge in [0.1, 0.15) is 35.1 Å². The number of sulfone groups is 1. The molecular formula is C29H40N4O8S2. The molecule has 12 nitrogen and oxygen atoms in total. The van der Waals surface area contributed by atoms with Gasteiger partial charge in [0.25, 0.3) is 0 Å². The minimum atomic E-state index is -3.72. The lowest BCUT2D eigenvalue weighted by molar-refractivity contribution is -0.0312. The van der Waals surface area contributed by atoms with Crippen LogP contribution >= 0.6 is 0 Å². The molecule has 236 valence electrons. The van der Waals surface area contributed by atoms with Crippen molar-refractivity contribution < 1.29 is 36.2 Å². The van der Waals surface area contributed by atoms with Crippen LogP contribution in [0.25, 0.3) is 0 Å². The van der Waals surface area contributed by atoms with Gasteiger partial charge in [0.15, 0.2) is 9.84 Å². The van der Waals surface area contributed by atoms with Crippen molar-refractivity contribution in [2.45, 2.75) is 77.9 Å². The lowest BCUT2D eigenvalue weighted by Crippen LogP contribution is -2.47. The molecule has 1 aromatic carbocycles. The quantitative estimate of drug-likeness (QED) is 0.392. The van der Waals surface area contributed by atoms with Crippen LogP contribution in [0, 0.1) is 0 Å². The van der Waals surface area contributed by atoms with Gasteiger partial charge in [-0.05, 0) is 63.3 Å². The third kappa shape index (κ3) is 6.50. The Labute approximate surface area is 253 Å². The average molecular weight is 637 g/mol. The van der Waals surface area contributed by atoms with Crippen LogP contribution in [0.3, 0.4) is 0 Å². The number of fused-ring (bicyclic) bond motifs is 1. The van der Waals surface area contributed by atoms with Crippen molar-refractivity contribution in [3.8, 4) is 11.6 Å². The Morgan fingerprint density at radius 2 is 1.93 bits per heavy atom. The van der Waals surface area contributed by atoms with E-state index in [4.69, 9.17) is 14.2 Å². The number of rotatable bonds is 10. The second kappa shape index (κ2) is 11.8. The largest absolute Gasteiger partial charge is 0.491 e. The van der Waals surface area contributed by atoms with E-state index in [1.165, 1.54) is 16.6 Å². The monoisotopic (exact) mass is 636 g/mol. The van der Waals surface area contributed by atoms with Crippen molar-refractivity contribution >= 4 is 25.5 Å². The summed E-state index contributed by atoms with van der Waals surface area (Å²) in [6.45, 7) is 4.08. The number of ether oxygens (including phenoxy) is 3. The van der Waals surface area contributed by atoms with Crippen LogP contribution in [-0.2, 0) is 24.6 Å². The molecule has 1 saturated carbocycles. The van der Waals surface area contributed by atoms with Gasteiger partial charge >= 0.3 is 0 Å². The highest BCUT2D eigenvalue weighted by Gasteiger charge is 2.45. The summed E-state index contributed by atoms with van der Waals surface area (Å²) >= 11 is 0. The normalized spacial score (nSPS) is 24.9. The number of sulfonamides is 1. The maximum absolute atomic E-state index is 13.5. The third-order valence-electron chi connectivity index (χ3n) is 8.72. The number of aliphatic hydroxyl groups is 1. The number of hydrogen-bond donors (Lipinski definition) is 2. The Bertz CT molecular complexity index is 1540. The molecule has 1 unspecified atom stereocenters. The predicted molar refractivity (Wildman–Crippen MR) is 159 cm³/mol. The number of anilines is 1. The molecule has 2 N–H and O–H groups in total. The SMILES string of the molecule is C[C@H]1CN(C)c2cc(S(=O)(=O)N3CCC4(CC3)C[C@H](NCC(O)COc3cccc(S(=O)(=O)C5CC5)c3)CO4)cnc2O1. The second-order valence-electron chi connectivity index (χ2n) is 12.2. The van der Waals surface area contributed by atoms with E-state index in [9.17, 15) is 21.9 Å². The van der Waals surface area contributed by atoms with E-state index in [1.807, 2.05) is 18.9 Å². The molecule has 1 aliphatic carbocycles. The zero-order valence-corrected chi connectivity index (χ0v) is 26.1. The first kappa shape index (κ1) is 30.5. The molecule has 1 aromatic heterocycles. The highest BCUT2D eigenvalue weighted by atomic mass is 32.2. The molecule has 3 fully saturated rings. The van der Waals surface area contributed by atoms with Crippen LogP contribution in [0.15, 0.2) is 46.3 Å². The molecule has 43 heavy (non-hydrogen) atoms. The molecular weight excluding hydrogens is 596 g/mol. The first-order valence-electron chi connectivity index (χ1n) is 14.9. The minimum absolute atomic E-state index is 0.0178. The van der Waals surface area contributed by atoms with Crippen LogP contribution in [-0.4, -0.2) is 107 Å². The van der Waals surface area contributed by atoms with Crippen molar-refractivity contribution in [1.29, 1.82) is 0 Å². The number of hydrogen-bond acceptors (Lipinski definition) is 11. The van der Waals surface area contributed by atoms with Gasteiger partial charge in [-0.25, -0.2) is 21.8 Å². The van der Waals surface area contributed by atoms with Crippen molar-refractivity contribution in [2.24, 2.45) is 0 Å². The van der Waals surface area contributed by atoms with Gasteiger partial charge in [0.05, 0.1) is 35.1 Å². The van der Waals surface area contributed by atoms with E-state index in [1.54, 1.807) is 24.3 Å². The number of nitrogens with zero attached hydrogens (tertiary/aromatic N) is 3. The summed E-state index contributed by atoms with van der Waals surface area (Å²) in [5.41, 5.74) is 0.264. The fraction of sp³-hybridized carbons (Fsp3) is 0.621. The lowest BCUT2D eigenvalue weighted by Gasteiger charge is -2.38. The molecule has 0 amide bonds. The van der Waals surface area contributed by atoms with E-state index in [0.29, 0.717) is 69.2 Å². The summed E-state index contributed by atoms with van der Waals surface area (Å²) in [5.74, 6) is 0.854. The van der Waals surface area contributed by atoms with Gasteiger partial charge in [-0.15, -0.1) is 0 Å². The zero-order valence-electron chi connectivity index (χ0n) is 24.5. The maximum atomic E-state index is 13.5. The Balaban J connectivity index is 0.970. The fourth-order valence-corrected chi connectivity index (χ4v) is 9.21. The molecule has 6 rings (SSSR count). The molecule has 3 aliphatic heterocycles. The van der Waals surface area contributed by atoms with Crippen LogP contribution in [0.2, 0.25) is 0 Å². The number of aliphatic hydroxyl groups excluding tert-OH is 1. The first-order valence-corrected chi connectivity index (χ1v) is 17.8. The van der Waals surface area contributed by atoms with Gasteiger partial charge in [0, 0.05) is 32.7 Å². The number of aromatic nitrogens is 1. The number of piperidine rings is 1. The maximum Gasteiger partial charge on any atom is 0.244 e. The van der Waals surface area contributed by atoms with Crippen molar-refractivity contribution in [1.82, 2.24) is 14.6 Å². The van der Waals surface area contributed by atoms with Gasteiger partial charge in [-0.1, -0.05) is 6.07 Å². The zero-order chi connectivity index (χ0) is 30.4. The highest BCUT2D eigenvalue weighted by Crippen LogP contribution is 2.39. The Hall–Kier alpha value is -2.49. The predicted octanol–water partition coefficient (Wildman–Crippen LogP) is 1.58. The van der Waals surface area contributed by atoms with E-state index >= 15 is 0 Å². The van der Waals surface area contributed by atoms with E-state index in [0.717, 1.165) is 6.42 Å². The van der Waals surface area contributed by atoms with Gasteiger partial charge in [-0.2, -0.15) is 4.31 Å². The van der Waals surface area contributed by atoms with E-state index < -0.39 is 31.6 Å². The molecule has 1 spiro atoms. The third-order valence-corrected chi connectivity index (χ3v) is 12.8. The summed E-state index contributed by atoms with van der Waals surface area (Å²) in [7, 11) is -5.13. The molecule has 3 atom stereocenters. The molecule has 14 heteroatoms. The molecule has 2 aromatic rings. The number of pyridine rings is 1. The molecule has 4 aliphatic rings. The summed E-state index contributed by atoms with van der Waals surface area (Å²) in [6.07, 6.45) is 3.82. The minimum Gasteiger partial charge on any atom is -0.491 e. The van der Waals surface area contributed by atoms with E-state index in [-0.39, 0.29) is 40.3 Å². The topological polar surface area (TPSA) is 148 Å². The Kier molecular flexibility index (Phi) is 8.37. The number of benzene rings is 1.